The van der Waals surface area contributed by atoms with E-state index in [0.29, 0.717) is 13.0 Å². The zero-order chi connectivity index (χ0) is 19.5. The molecule has 1 N–H and O–H groups in total. The predicted octanol–water partition coefficient (Wildman–Crippen LogP) is 3.74. The van der Waals surface area contributed by atoms with E-state index in [9.17, 15) is 14.7 Å². The lowest BCUT2D eigenvalue weighted by Gasteiger charge is -2.16. The quantitative estimate of drug-likeness (QED) is 0.738. The molecular formula is C23H24N2O3. The van der Waals surface area contributed by atoms with Crippen LogP contribution in [0.3, 0.4) is 0 Å². The minimum atomic E-state index is -0.405. The van der Waals surface area contributed by atoms with Crippen LogP contribution in [0.2, 0.25) is 0 Å². The largest absolute Gasteiger partial charge is 0.494 e. The lowest BCUT2D eigenvalue weighted by Crippen LogP contribution is -2.41. The fraction of sp³-hybridized carbons (Fsp3) is 0.304. The molecule has 1 aliphatic carbocycles. The molecule has 0 atom stereocenters. The van der Waals surface area contributed by atoms with Crippen LogP contribution in [-0.4, -0.2) is 14.2 Å². The average Bonchev–Trinajstić information content (AvgIpc) is 3.23. The van der Waals surface area contributed by atoms with Gasteiger partial charge in [0.1, 0.15) is 0 Å². The Balaban J connectivity index is 1.54. The standard InChI is InChI=1S/C23H24N2O3/c26-21-16-22(27)25(20-8-4-5-9-20)23(28)24(21)15-14-17-10-12-19(13-11-17)18-6-2-1-3-7-18/h1-3,6-7,10-13,16,20,26H,4-5,8-9,14-15H2. The van der Waals surface area contributed by atoms with Crippen molar-refractivity contribution in [1.82, 2.24) is 9.13 Å². The highest BCUT2D eigenvalue weighted by molar-refractivity contribution is 5.63. The van der Waals surface area contributed by atoms with E-state index >= 15 is 0 Å². The molecule has 2 aromatic carbocycles. The summed E-state index contributed by atoms with van der Waals surface area (Å²) in [4.78, 5) is 25.1. The number of rotatable bonds is 5. The van der Waals surface area contributed by atoms with Crippen LogP contribution < -0.4 is 11.2 Å². The van der Waals surface area contributed by atoms with Gasteiger partial charge in [-0.3, -0.25) is 13.9 Å². The van der Waals surface area contributed by atoms with Gasteiger partial charge in [0.05, 0.1) is 6.07 Å². The number of nitrogens with zero attached hydrogens (tertiary/aromatic N) is 2. The van der Waals surface area contributed by atoms with Crippen LogP contribution in [0.5, 0.6) is 5.88 Å². The number of benzene rings is 2. The molecule has 5 heteroatoms. The molecule has 0 bridgehead atoms. The van der Waals surface area contributed by atoms with Gasteiger partial charge in [0.15, 0.2) is 0 Å². The summed E-state index contributed by atoms with van der Waals surface area (Å²) in [5, 5.41) is 10.2. The van der Waals surface area contributed by atoms with Crippen LogP contribution in [0, 0.1) is 0 Å². The molecule has 4 rings (SSSR count). The van der Waals surface area contributed by atoms with Gasteiger partial charge in [-0.05, 0) is 36.0 Å². The van der Waals surface area contributed by atoms with Crippen LogP contribution in [0.4, 0.5) is 0 Å². The molecule has 28 heavy (non-hydrogen) atoms. The Kier molecular flexibility index (Phi) is 5.15. The SMILES string of the molecule is O=c1cc(O)n(CCc2ccc(-c3ccccc3)cc2)c(=O)n1C1CCCC1. The van der Waals surface area contributed by atoms with Gasteiger partial charge in [-0.25, -0.2) is 4.79 Å². The lowest BCUT2D eigenvalue weighted by atomic mass is 10.0. The molecule has 1 aromatic heterocycles. The maximum atomic E-state index is 12.8. The van der Waals surface area contributed by atoms with Crippen LogP contribution in [0.25, 0.3) is 11.1 Å². The summed E-state index contributed by atoms with van der Waals surface area (Å²) < 4.78 is 2.63. The second-order valence-electron chi connectivity index (χ2n) is 7.40. The topological polar surface area (TPSA) is 64.2 Å². The van der Waals surface area contributed by atoms with Gasteiger partial charge in [-0.2, -0.15) is 0 Å². The van der Waals surface area contributed by atoms with E-state index in [2.05, 4.69) is 24.3 Å². The van der Waals surface area contributed by atoms with E-state index in [1.165, 1.54) is 9.13 Å². The molecule has 1 fully saturated rings. The minimum Gasteiger partial charge on any atom is -0.494 e. The summed E-state index contributed by atoms with van der Waals surface area (Å²) in [7, 11) is 0. The van der Waals surface area contributed by atoms with E-state index in [-0.39, 0.29) is 11.9 Å². The van der Waals surface area contributed by atoms with Crippen molar-refractivity contribution in [2.75, 3.05) is 0 Å². The van der Waals surface area contributed by atoms with E-state index < -0.39 is 11.2 Å². The molecule has 0 spiro atoms. The molecule has 5 nitrogen and oxygen atoms in total. The lowest BCUT2D eigenvalue weighted by molar-refractivity contribution is 0.373. The number of aromatic nitrogens is 2. The zero-order valence-electron chi connectivity index (χ0n) is 15.8. The molecule has 0 aliphatic heterocycles. The maximum absolute atomic E-state index is 12.8. The monoisotopic (exact) mass is 376 g/mol. The Morgan fingerprint density at radius 3 is 2.21 bits per heavy atom. The van der Waals surface area contributed by atoms with Gasteiger partial charge in [0, 0.05) is 12.6 Å². The Morgan fingerprint density at radius 2 is 1.54 bits per heavy atom. The molecular weight excluding hydrogens is 352 g/mol. The molecule has 1 aliphatic rings. The van der Waals surface area contributed by atoms with Gasteiger partial charge in [0.2, 0.25) is 5.88 Å². The van der Waals surface area contributed by atoms with Crippen LogP contribution in [0.15, 0.2) is 70.3 Å². The van der Waals surface area contributed by atoms with Crippen molar-refractivity contribution in [3.63, 3.8) is 0 Å². The first-order chi connectivity index (χ1) is 13.6. The fourth-order valence-electron chi connectivity index (χ4n) is 4.02. The average molecular weight is 376 g/mol. The highest BCUT2D eigenvalue weighted by Crippen LogP contribution is 2.27. The second-order valence-corrected chi connectivity index (χ2v) is 7.40. The second kappa shape index (κ2) is 7.89. The summed E-state index contributed by atoms with van der Waals surface area (Å²) in [6.07, 6.45) is 4.36. The third-order valence-electron chi connectivity index (χ3n) is 5.58. The third kappa shape index (κ3) is 3.65. The van der Waals surface area contributed by atoms with Crippen molar-refractivity contribution in [3.8, 4) is 17.0 Å². The molecule has 3 aromatic rings. The predicted molar refractivity (Wildman–Crippen MR) is 110 cm³/mol. The molecule has 0 amide bonds. The van der Waals surface area contributed by atoms with Gasteiger partial charge in [0.25, 0.3) is 5.56 Å². The van der Waals surface area contributed by atoms with Gasteiger partial charge < -0.3 is 5.11 Å². The molecule has 0 saturated heterocycles. The van der Waals surface area contributed by atoms with Gasteiger partial charge in [-0.1, -0.05) is 67.4 Å². The van der Waals surface area contributed by atoms with E-state index in [1.807, 2.05) is 30.3 Å². The number of hydrogen-bond acceptors (Lipinski definition) is 3. The molecule has 0 radical (unpaired) electrons. The van der Waals surface area contributed by atoms with Crippen molar-refractivity contribution >= 4 is 0 Å². The van der Waals surface area contributed by atoms with Crippen molar-refractivity contribution < 1.29 is 5.11 Å². The highest BCUT2D eigenvalue weighted by atomic mass is 16.3. The number of hydrogen-bond donors (Lipinski definition) is 1. The minimum absolute atomic E-state index is 0.0444. The van der Waals surface area contributed by atoms with Crippen molar-refractivity contribution in [2.45, 2.75) is 44.7 Å². The van der Waals surface area contributed by atoms with E-state index in [0.717, 1.165) is 48.4 Å². The Hall–Kier alpha value is -3.08. The normalized spacial score (nSPS) is 14.4. The summed E-state index contributed by atoms with van der Waals surface area (Å²) in [6, 6.07) is 19.5. The van der Waals surface area contributed by atoms with Crippen molar-refractivity contribution in [3.05, 3.63) is 87.1 Å². The Labute approximate surface area is 163 Å². The highest BCUT2D eigenvalue weighted by Gasteiger charge is 2.22. The van der Waals surface area contributed by atoms with E-state index in [1.54, 1.807) is 0 Å². The number of aryl methyl sites for hydroxylation is 1. The summed E-state index contributed by atoms with van der Waals surface area (Å²) in [6.45, 7) is 0.336. The van der Waals surface area contributed by atoms with Crippen molar-refractivity contribution in [2.24, 2.45) is 0 Å². The fourth-order valence-corrected chi connectivity index (χ4v) is 4.02. The van der Waals surface area contributed by atoms with Gasteiger partial charge in [-0.15, -0.1) is 0 Å². The third-order valence-corrected chi connectivity index (χ3v) is 5.58. The summed E-state index contributed by atoms with van der Waals surface area (Å²) >= 11 is 0. The summed E-state index contributed by atoms with van der Waals surface area (Å²) in [5.74, 6) is -0.259. The number of aromatic hydroxyl groups is 1. The Bertz CT molecular complexity index is 1060. The molecule has 1 saturated carbocycles. The first kappa shape index (κ1) is 18.3. The maximum Gasteiger partial charge on any atom is 0.334 e. The van der Waals surface area contributed by atoms with Crippen LogP contribution >= 0.6 is 0 Å². The molecule has 0 unspecified atom stereocenters. The van der Waals surface area contributed by atoms with Gasteiger partial charge >= 0.3 is 5.69 Å². The zero-order valence-corrected chi connectivity index (χ0v) is 15.8. The molecule has 144 valence electrons. The van der Waals surface area contributed by atoms with Crippen LogP contribution in [0.1, 0.15) is 37.3 Å². The van der Waals surface area contributed by atoms with Crippen molar-refractivity contribution in [1.29, 1.82) is 0 Å². The first-order valence-corrected chi connectivity index (χ1v) is 9.83. The van der Waals surface area contributed by atoms with E-state index in [4.69, 9.17) is 0 Å². The first-order valence-electron chi connectivity index (χ1n) is 9.83. The summed E-state index contributed by atoms with van der Waals surface area (Å²) in [5.41, 5.74) is 2.56. The smallest absolute Gasteiger partial charge is 0.334 e. The van der Waals surface area contributed by atoms with Crippen LogP contribution in [-0.2, 0) is 13.0 Å². The Morgan fingerprint density at radius 1 is 0.893 bits per heavy atom. The molecule has 1 heterocycles.